The van der Waals surface area contributed by atoms with E-state index in [-0.39, 0.29) is 11.4 Å². The van der Waals surface area contributed by atoms with Crippen LogP contribution >= 0.6 is 0 Å². The Balaban J connectivity index is 2.51. The highest BCUT2D eigenvalue weighted by Crippen LogP contribution is 2.41. The summed E-state index contributed by atoms with van der Waals surface area (Å²) in [5, 5.41) is 0. The average Bonchev–Trinajstić information content (AvgIpc) is 2.36. The van der Waals surface area contributed by atoms with Crippen LogP contribution in [0.1, 0.15) is 19.4 Å². The quantitative estimate of drug-likeness (QED) is 0.774. The number of ether oxygens (including phenoxy) is 1. The molecule has 0 bridgehead atoms. The van der Waals surface area contributed by atoms with E-state index in [1.165, 1.54) is 13.0 Å². The highest BCUT2D eigenvalue weighted by Gasteiger charge is 2.59. The van der Waals surface area contributed by atoms with Gasteiger partial charge in [-0.3, -0.25) is 4.99 Å². The average molecular weight is 306 g/mol. The van der Waals surface area contributed by atoms with E-state index in [4.69, 9.17) is 16.2 Å². The number of alkyl halides is 3. The van der Waals surface area contributed by atoms with Gasteiger partial charge in [-0.25, -0.2) is 9.37 Å². The van der Waals surface area contributed by atoms with Crippen molar-refractivity contribution >= 4 is 11.7 Å². The molecule has 4 N–H and O–H groups in total. The third-order valence-electron chi connectivity index (χ3n) is 3.50. The number of hydrogen-bond acceptors (Lipinski definition) is 5. The lowest BCUT2D eigenvalue weighted by atomic mass is 9.90. The summed E-state index contributed by atoms with van der Waals surface area (Å²) in [7, 11) is 0. The number of aromatic nitrogens is 1. The monoisotopic (exact) mass is 306 g/mol. The summed E-state index contributed by atoms with van der Waals surface area (Å²) in [6.45, 7) is 1.69. The number of anilines is 1. The van der Waals surface area contributed by atoms with Crippen LogP contribution in [0, 0.1) is 5.82 Å². The van der Waals surface area contributed by atoms with Crippen molar-refractivity contribution in [2.24, 2.45) is 10.7 Å². The second-order valence-electron chi connectivity index (χ2n) is 5.18. The molecule has 2 heterocycles. The van der Waals surface area contributed by atoms with E-state index in [0.717, 1.165) is 13.1 Å². The summed E-state index contributed by atoms with van der Waals surface area (Å²) in [6, 6.07) is 1.20. The number of aliphatic imine (C=N–C) groups is 1. The molecule has 0 fully saturated rings. The van der Waals surface area contributed by atoms with Gasteiger partial charge in [0.25, 0.3) is 0 Å². The molecule has 5 nitrogen and oxygen atoms in total. The fourth-order valence-corrected chi connectivity index (χ4v) is 2.00. The van der Waals surface area contributed by atoms with Crippen LogP contribution in [0.3, 0.4) is 0 Å². The minimum Gasteiger partial charge on any atom is -0.385 e. The molecule has 1 aliphatic rings. The van der Waals surface area contributed by atoms with Gasteiger partial charge in [0.15, 0.2) is 0 Å². The molecular formula is C12H14F4N4O. The smallest absolute Gasteiger partial charge is 0.385 e. The zero-order valence-electron chi connectivity index (χ0n) is 11.3. The fraction of sp³-hybridized carbons (Fsp3) is 0.500. The SMILES string of the molecule is CC1(c2cc(N)ncc2F)COC(C)(C(F)(F)F)C(N)=N1. The molecule has 1 aliphatic heterocycles. The third kappa shape index (κ3) is 2.41. The Morgan fingerprint density at radius 1 is 1.29 bits per heavy atom. The minimum atomic E-state index is -4.72. The van der Waals surface area contributed by atoms with Gasteiger partial charge in [-0.1, -0.05) is 0 Å². The second kappa shape index (κ2) is 4.55. The van der Waals surface area contributed by atoms with E-state index in [1.807, 2.05) is 0 Å². The van der Waals surface area contributed by atoms with Gasteiger partial charge in [0, 0.05) is 5.56 Å². The zero-order valence-corrected chi connectivity index (χ0v) is 11.3. The van der Waals surface area contributed by atoms with Crippen LogP contribution in [0.15, 0.2) is 17.3 Å². The van der Waals surface area contributed by atoms with Crippen LogP contribution in [0.25, 0.3) is 0 Å². The topological polar surface area (TPSA) is 86.5 Å². The second-order valence-corrected chi connectivity index (χ2v) is 5.18. The van der Waals surface area contributed by atoms with Crippen LogP contribution in [-0.2, 0) is 10.3 Å². The number of nitrogens with two attached hydrogens (primary N) is 2. The minimum absolute atomic E-state index is 0.0190. The summed E-state index contributed by atoms with van der Waals surface area (Å²) in [5.41, 5.74) is 6.78. The molecule has 1 aromatic heterocycles. The molecule has 0 spiro atoms. The van der Waals surface area contributed by atoms with E-state index >= 15 is 0 Å². The molecule has 2 atom stereocenters. The maximum Gasteiger partial charge on any atom is 0.424 e. The van der Waals surface area contributed by atoms with Gasteiger partial charge < -0.3 is 16.2 Å². The Labute approximate surface area is 118 Å². The van der Waals surface area contributed by atoms with E-state index in [9.17, 15) is 17.6 Å². The first-order valence-electron chi connectivity index (χ1n) is 5.97. The molecule has 0 saturated carbocycles. The van der Waals surface area contributed by atoms with Crippen molar-refractivity contribution in [2.45, 2.75) is 31.2 Å². The van der Waals surface area contributed by atoms with Gasteiger partial charge in [0.05, 0.1) is 12.8 Å². The zero-order chi connectivity index (χ0) is 16.1. The van der Waals surface area contributed by atoms with Crippen molar-refractivity contribution < 1.29 is 22.3 Å². The number of pyridine rings is 1. The number of amidine groups is 1. The number of nitrogens with zero attached hydrogens (tertiary/aromatic N) is 2. The Kier molecular flexibility index (Phi) is 3.36. The van der Waals surface area contributed by atoms with E-state index in [2.05, 4.69) is 9.98 Å². The lowest BCUT2D eigenvalue weighted by Crippen LogP contribution is -2.60. The van der Waals surface area contributed by atoms with E-state index < -0.39 is 35.6 Å². The van der Waals surface area contributed by atoms with Crippen molar-refractivity contribution in [3.8, 4) is 0 Å². The Morgan fingerprint density at radius 3 is 2.43 bits per heavy atom. The van der Waals surface area contributed by atoms with Crippen LogP contribution in [0.2, 0.25) is 0 Å². The molecule has 2 unspecified atom stereocenters. The van der Waals surface area contributed by atoms with Crippen molar-refractivity contribution in [1.29, 1.82) is 0 Å². The standard InChI is InChI=1S/C12H14F4N4O/c1-10(6-3-8(17)19-4-7(6)13)5-21-11(2,9(18)20-10)12(14,15)16/h3-4H,5H2,1-2H3,(H2,17,19)(H2,18,20). The van der Waals surface area contributed by atoms with Gasteiger partial charge in [-0.15, -0.1) is 0 Å². The largest absolute Gasteiger partial charge is 0.424 e. The molecule has 21 heavy (non-hydrogen) atoms. The first-order chi connectivity index (χ1) is 9.49. The molecule has 0 saturated heterocycles. The maximum atomic E-state index is 13.8. The maximum absolute atomic E-state index is 13.8. The lowest BCUT2D eigenvalue weighted by molar-refractivity contribution is -0.249. The Hall–Kier alpha value is -1.90. The Morgan fingerprint density at radius 2 is 1.90 bits per heavy atom. The molecule has 0 radical (unpaired) electrons. The Bertz CT molecular complexity index is 603. The van der Waals surface area contributed by atoms with Crippen molar-refractivity contribution in [1.82, 2.24) is 4.98 Å². The molecule has 116 valence electrons. The van der Waals surface area contributed by atoms with Crippen LogP contribution in [0.4, 0.5) is 23.4 Å². The molecular weight excluding hydrogens is 292 g/mol. The number of rotatable bonds is 1. The summed E-state index contributed by atoms with van der Waals surface area (Å²) in [5.74, 6) is -1.49. The van der Waals surface area contributed by atoms with Gasteiger partial charge in [-0.05, 0) is 19.9 Å². The highest BCUT2D eigenvalue weighted by molar-refractivity contribution is 5.90. The van der Waals surface area contributed by atoms with Crippen molar-refractivity contribution in [3.63, 3.8) is 0 Å². The first-order valence-corrected chi connectivity index (χ1v) is 5.97. The van der Waals surface area contributed by atoms with Gasteiger partial charge in [0.1, 0.15) is 23.0 Å². The summed E-state index contributed by atoms with van der Waals surface area (Å²) < 4.78 is 57.7. The van der Waals surface area contributed by atoms with Gasteiger partial charge in [-0.2, -0.15) is 13.2 Å². The van der Waals surface area contributed by atoms with Crippen LogP contribution in [-0.4, -0.2) is 29.2 Å². The predicted molar refractivity (Wildman–Crippen MR) is 68.0 cm³/mol. The van der Waals surface area contributed by atoms with Gasteiger partial charge in [0.2, 0.25) is 5.60 Å². The van der Waals surface area contributed by atoms with Crippen molar-refractivity contribution in [2.75, 3.05) is 12.3 Å². The summed E-state index contributed by atoms with van der Waals surface area (Å²) in [6.07, 6.45) is -3.85. The van der Waals surface area contributed by atoms with Crippen LogP contribution in [0.5, 0.6) is 0 Å². The van der Waals surface area contributed by atoms with Gasteiger partial charge >= 0.3 is 6.18 Å². The molecule has 0 amide bonds. The van der Waals surface area contributed by atoms with E-state index in [0.29, 0.717) is 0 Å². The molecule has 9 heteroatoms. The lowest BCUT2D eigenvalue weighted by Gasteiger charge is -2.40. The first kappa shape index (κ1) is 15.5. The number of hydrogen-bond donors (Lipinski definition) is 2. The predicted octanol–water partition coefficient (Wildman–Crippen LogP) is 1.73. The molecule has 1 aromatic rings. The molecule has 0 aromatic carbocycles. The van der Waals surface area contributed by atoms with E-state index in [1.54, 1.807) is 0 Å². The molecule has 2 rings (SSSR count). The highest BCUT2D eigenvalue weighted by atomic mass is 19.4. The van der Waals surface area contributed by atoms with Crippen molar-refractivity contribution in [3.05, 3.63) is 23.6 Å². The number of halogens is 4. The molecule has 0 aliphatic carbocycles. The normalized spacial score (nSPS) is 30.1. The third-order valence-corrected chi connectivity index (χ3v) is 3.50. The summed E-state index contributed by atoms with van der Waals surface area (Å²) in [4.78, 5) is 7.39. The summed E-state index contributed by atoms with van der Waals surface area (Å²) >= 11 is 0. The fourth-order valence-electron chi connectivity index (χ4n) is 2.00. The van der Waals surface area contributed by atoms with Crippen LogP contribution < -0.4 is 11.5 Å². The number of nitrogen functional groups attached to an aromatic ring is 1.